The maximum atomic E-state index is 13.0. The Morgan fingerprint density at radius 3 is 2.82 bits per heavy atom. The van der Waals surface area contributed by atoms with Gasteiger partial charge in [-0.1, -0.05) is 0 Å². The lowest BCUT2D eigenvalue weighted by atomic mass is 10.2. The van der Waals surface area contributed by atoms with Crippen molar-refractivity contribution >= 4 is 17.3 Å². The van der Waals surface area contributed by atoms with Gasteiger partial charge in [-0.2, -0.15) is 0 Å². The van der Waals surface area contributed by atoms with Crippen molar-refractivity contribution in [1.29, 1.82) is 0 Å². The standard InChI is InChI=1S/C12H11ClFNO2/c1-16-11-6-8(14)2-4-10(11)15-7-9-3-5-12(13)17-9/h2-6,15H,7H2,1H3. The molecule has 1 aromatic carbocycles. The van der Waals surface area contributed by atoms with E-state index in [4.69, 9.17) is 20.8 Å². The van der Waals surface area contributed by atoms with Crippen molar-refractivity contribution in [1.82, 2.24) is 0 Å². The van der Waals surface area contributed by atoms with Crippen molar-refractivity contribution < 1.29 is 13.5 Å². The monoisotopic (exact) mass is 255 g/mol. The van der Waals surface area contributed by atoms with Gasteiger partial charge in [0.25, 0.3) is 0 Å². The van der Waals surface area contributed by atoms with E-state index in [2.05, 4.69) is 5.32 Å². The van der Waals surface area contributed by atoms with Gasteiger partial charge in [0, 0.05) is 6.07 Å². The predicted octanol–water partition coefficient (Wildman–Crippen LogP) is 3.69. The molecule has 0 aliphatic heterocycles. The minimum absolute atomic E-state index is 0.339. The van der Waals surface area contributed by atoms with E-state index in [9.17, 15) is 4.39 Å². The fraction of sp³-hybridized carbons (Fsp3) is 0.167. The Morgan fingerprint density at radius 1 is 1.35 bits per heavy atom. The van der Waals surface area contributed by atoms with E-state index in [1.165, 1.54) is 19.2 Å². The first kappa shape index (κ1) is 11.8. The second-order valence-corrected chi connectivity index (χ2v) is 3.78. The molecule has 5 heteroatoms. The summed E-state index contributed by atoms with van der Waals surface area (Å²) in [5, 5.41) is 3.42. The number of hydrogen-bond donors (Lipinski definition) is 1. The van der Waals surface area contributed by atoms with Gasteiger partial charge in [0.05, 0.1) is 19.3 Å². The minimum atomic E-state index is -0.339. The third kappa shape index (κ3) is 2.91. The number of benzene rings is 1. The molecule has 3 nitrogen and oxygen atoms in total. The lowest BCUT2D eigenvalue weighted by molar-refractivity contribution is 0.412. The minimum Gasteiger partial charge on any atom is -0.494 e. The SMILES string of the molecule is COc1cc(F)ccc1NCc1ccc(Cl)o1. The largest absolute Gasteiger partial charge is 0.494 e. The summed E-state index contributed by atoms with van der Waals surface area (Å²) >= 11 is 5.65. The van der Waals surface area contributed by atoms with E-state index in [1.54, 1.807) is 18.2 Å². The molecule has 90 valence electrons. The molecule has 0 saturated carbocycles. The summed E-state index contributed by atoms with van der Waals surface area (Å²) in [6.07, 6.45) is 0. The van der Waals surface area contributed by atoms with Crippen molar-refractivity contribution in [2.75, 3.05) is 12.4 Å². The molecule has 0 aliphatic carbocycles. The van der Waals surface area contributed by atoms with Crippen LogP contribution in [0.2, 0.25) is 5.22 Å². The maximum absolute atomic E-state index is 13.0. The van der Waals surface area contributed by atoms with E-state index < -0.39 is 0 Å². The first-order valence-electron chi connectivity index (χ1n) is 5.00. The molecule has 2 aromatic rings. The number of furan rings is 1. The normalized spacial score (nSPS) is 10.3. The molecule has 0 amide bonds. The van der Waals surface area contributed by atoms with Crippen molar-refractivity contribution in [3.8, 4) is 5.75 Å². The van der Waals surface area contributed by atoms with Gasteiger partial charge in [0.1, 0.15) is 17.3 Å². The molecule has 0 atom stereocenters. The summed E-state index contributed by atoms with van der Waals surface area (Å²) < 4.78 is 23.2. The Kier molecular flexibility index (Phi) is 3.54. The highest BCUT2D eigenvalue weighted by Gasteiger charge is 2.05. The molecule has 1 heterocycles. The quantitative estimate of drug-likeness (QED) is 0.905. The summed E-state index contributed by atoms with van der Waals surface area (Å²) in [6.45, 7) is 0.453. The molecular formula is C12H11ClFNO2. The van der Waals surface area contributed by atoms with Crippen molar-refractivity contribution in [3.05, 3.63) is 47.1 Å². The summed E-state index contributed by atoms with van der Waals surface area (Å²) in [5.74, 6) is 0.803. The Hall–Kier alpha value is -1.68. The van der Waals surface area contributed by atoms with Crippen LogP contribution in [0.4, 0.5) is 10.1 Å². The van der Waals surface area contributed by atoms with Gasteiger partial charge in [-0.3, -0.25) is 0 Å². The van der Waals surface area contributed by atoms with Crippen molar-refractivity contribution in [2.45, 2.75) is 6.54 Å². The fourth-order valence-corrected chi connectivity index (χ4v) is 1.60. The Bertz CT molecular complexity index is 513. The summed E-state index contributed by atoms with van der Waals surface area (Å²) in [5.41, 5.74) is 0.696. The van der Waals surface area contributed by atoms with Crippen LogP contribution in [0.3, 0.4) is 0 Å². The lowest BCUT2D eigenvalue weighted by Crippen LogP contribution is -2.00. The first-order valence-corrected chi connectivity index (χ1v) is 5.38. The van der Waals surface area contributed by atoms with Gasteiger partial charge >= 0.3 is 0 Å². The van der Waals surface area contributed by atoms with Gasteiger partial charge in [-0.15, -0.1) is 0 Å². The highest BCUT2D eigenvalue weighted by molar-refractivity contribution is 6.28. The van der Waals surface area contributed by atoms with Gasteiger partial charge in [-0.25, -0.2) is 4.39 Å². The zero-order valence-electron chi connectivity index (χ0n) is 9.17. The van der Waals surface area contributed by atoms with E-state index in [-0.39, 0.29) is 5.82 Å². The van der Waals surface area contributed by atoms with Gasteiger partial charge < -0.3 is 14.5 Å². The molecule has 1 aromatic heterocycles. The number of halogens is 2. The molecule has 0 aliphatic rings. The molecular weight excluding hydrogens is 245 g/mol. The zero-order valence-corrected chi connectivity index (χ0v) is 9.92. The molecule has 0 spiro atoms. The number of ether oxygens (including phenoxy) is 1. The van der Waals surface area contributed by atoms with Crippen LogP contribution in [0.5, 0.6) is 5.75 Å². The first-order chi connectivity index (χ1) is 8.19. The highest BCUT2D eigenvalue weighted by Crippen LogP contribution is 2.25. The summed E-state index contributed by atoms with van der Waals surface area (Å²) in [6, 6.07) is 7.72. The fourth-order valence-electron chi connectivity index (χ4n) is 1.44. The molecule has 0 radical (unpaired) electrons. The third-order valence-electron chi connectivity index (χ3n) is 2.25. The van der Waals surface area contributed by atoms with Crippen LogP contribution in [-0.2, 0) is 6.54 Å². The van der Waals surface area contributed by atoms with Crippen LogP contribution in [-0.4, -0.2) is 7.11 Å². The van der Waals surface area contributed by atoms with Crippen LogP contribution in [0.25, 0.3) is 0 Å². The third-order valence-corrected chi connectivity index (χ3v) is 2.45. The second-order valence-electron chi connectivity index (χ2n) is 3.40. The number of anilines is 1. The number of nitrogens with one attached hydrogen (secondary N) is 1. The topological polar surface area (TPSA) is 34.4 Å². The van der Waals surface area contributed by atoms with Crippen molar-refractivity contribution in [2.24, 2.45) is 0 Å². The van der Waals surface area contributed by atoms with Gasteiger partial charge in [0.2, 0.25) is 0 Å². The van der Waals surface area contributed by atoms with Crippen molar-refractivity contribution in [3.63, 3.8) is 0 Å². The van der Waals surface area contributed by atoms with Crippen LogP contribution >= 0.6 is 11.6 Å². The van der Waals surface area contributed by atoms with Crippen LogP contribution < -0.4 is 10.1 Å². The van der Waals surface area contributed by atoms with Crippen LogP contribution in [0, 0.1) is 5.82 Å². The highest BCUT2D eigenvalue weighted by atomic mass is 35.5. The number of hydrogen-bond acceptors (Lipinski definition) is 3. The van der Waals surface area contributed by atoms with Crippen LogP contribution in [0.1, 0.15) is 5.76 Å². The Morgan fingerprint density at radius 2 is 2.18 bits per heavy atom. The average Bonchev–Trinajstić information content (AvgIpc) is 2.73. The summed E-state index contributed by atoms with van der Waals surface area (Å²) in [4.78, 5) is 0. The molecule has 1 N–H and O–H groups in total. The van der Waals surface area contributed by atoms with E-state index in [0.717, 1.165) is 0 Å². The lowest BCUT2D eigenvalue weighted by Gasteiger charge is -2.09. The maximum Gasteiger partial charge on any atom is 0.193 e. The molecule has 0 unspecified atom stereocenters. The average molecular weight is 256 g/mol. The van der Waals surface area contributed by atoms with E-state index in [0.29, 0.717) is 29.0 Å². The molecule has 0 bridgehead atoms. The Balaban J connectivity index is 2.08. The molecule has 0 fully saturated rings. The molecule has 17 heavy (non-hydrogen) atoms. The van der Waals surface area contributed by atoms with Gasteiger partial charge in [0.15, 0.2) is 5.22 Å². The zero-order chi connectivity index (χ0) is 12.3. The smallest absolute Gasteiger partial charge is 0.193 e. The number of rotatable bonds is 4. The van der Waals surface area contributed by atoms with E-state index >= 15 is 0 Å². The van der Waals surface area contributed by atoms with E-state index in [1.807, 2.05) is 0 Å². The second kappa shape index (κ2) is 5.10. The van der Waals surface area contributed by atoms with Crippen LogP contribution in [0.15, 0.2) is 34.7 Å². The molecule has 0 saturated heterocycles. The molecule has 2 rings (SSSR count). The Labute approximate surface area is 103 Å². The predicted molar refractivity (Wildman–Crippen MR) is 64.0 cm³/mol. The van der Waals surface area contributed by atoms with Gasteiger partial charge in [-0.05, 0) is 35.9 Å². The number of methoxy groups -OCH3 is 1. The summed E-state index contributed by atoms with van der Waals surface area (Å²) in [7, 11) is 1.49.